The van der Waals surface area contributed by atoms with E-state index in [1.54, 1.807) is 35.5 Å². The molecule has 10 nitrogen and oxygen atoms in total. The Bertz CT molecular complexity index is 1240. The first-order chi connectivity index (χ1) is 15.2. The Kier molecular flexibility index (Phi) is 5.13. The fraction of sp³-hybridized carbons (Fsp3) is 0.333. The van der Waals surface area contributed by atoms with Crippen molar-refractivity contribution in [1.82, 2.24) is 39.4 Å². The Labute approximate surface area is 178 Å². The SMILES string of the molecule is Cn1cc2c(N3CCN(CCn4nc(-c5cccnc5)ccc4=O)CC3)ncnc2n1. The average Bonchev–Trinajstić information content (AvgIpc) is 3.20. The molecule has 0 aliphatic carbocycles. The highest BCUT2D eigenvalue weighted by Gasteiger charge is 2.21. The van der Waals surface area contributed by atoms with Crippen LogP contribution < -0.4 is 10.5 Å². The van der Waals surface area contributed by atoms with E-state index in [-0.39, 0.29) is 5.56 Å². The molecule has 158 valence electrons. The molecule has 0 aromatic carbocycles. The van der Waals surface area contributed by atoms with Crippen molar-refractivity contribution in [2.45, 2.75) is 6.54 Å². The van der Waals surface area contributed by atoms with E-state index in [1.807, 2.05) is 25.4 Å². The second-order valence-electron chi connectivity index (χ2n) is 7.59. The fourth-order valence-electron chi connectivity index (χ4n) is 3.89. The van der Waals surface area contributed by atoms with E-state index < -0.39 is 0 Å². The molecule has 0 atom stereocenters. The van der Waals surface area contributed by atoms with E-state index in [0.717, 1.165) is 55.2 Å². The molecule has 0 N–H and O–H groups in total. The van der Waals surface area contributed by atoms with Gasteiger partial charge in [-0.2, -0.15) is 10.2 Å². The van der Waals surface area contributed by atoms with E-state index >= 15 is 0 Å². The highest BCUT2D eigenvalue weighted by molar-refractivity contribution is 5.86. The highest BCUT2D eigenvalue weighted by atomic mass is 16.1. The van der Waals surface area contributed by atoms with Crippen molar-refractivity contribution in [3.8, 4) is 11.3 Å². The average molecular weight is 417 g/mol. The van der Waals surface area contributed by atoms with E-state index in [4.69, 9.17) is 0 Å². The van der Waals surface area contributed by atoms with Crippen molar-refractivity contribution in [3.63, 3.8) is 0 Å². The molecule has 4 aromatic rings. The van der Waals surface area contributed by atoms with Crippen molar-refractivity contribution < 1.29 is 0 Å². The molecule has 0 bridgehead atoms. The van der Waals surface area contributed by atoms with Crippen LogP contribution >= 0.6 is 0 Å². The maximum absolute atomic E-state index is 12.3. The fourth-order valence-corrected chi connectivity index (χ4v) is 3.89. The predicted octanol–water partition coefficient (Wildman–Crippen LogP) is 0.804. The summed E-state index contributed by atoms with van der Waals surface area (Å²) >= 11 is 0. The summed E-state index contributed by atoms with van der Waals surface area (Å²) in [4.78, 5) is 29.8. The second kappa shape index (κ2) is 8.23. The smallest absolute Gasteiger partial charge is 0.266 e. The van der Waals surface area contributed by atoms with Gasteiger partial charge in [0.25, 0.3) is 5.56 Å². The minimum Gasteiger partial charge on any atom is -0.353 e. The molecule has 5 rings (SSSR count). The number of nitrogens with zero attached hydrogens (tertiary/aromatic N) is 9. The van der Waals surface area contributed by atoms with E-state index in [2.05, 4.69) is 34.9 Å². The largest absolute Gasteiger partial charge is 0.353 e. The predicted molar refractivity (Wildman–Crippen MR) is 117 cm³/mol. The number of piperazine rings is 1. The quantitative estimate of drug-likeness (QED) is 0.470. The number of rotatable bonds is 5. The Morgan fingerprint density at radius 1 is 1.00 bits per heavy atom. The number of anilines is 1. The van der Waals surface area contributed by atoms with Crippen LogP contribution in [0, 0.1) is 0 Å². The number of hydrogen-bond donors (Lipinski definition) is 0. The molecular weight excluding hydrogens is 394 g/mol. The third-order valence-corrected chi connectivity index (χ3v) is 5.53. The zero-order chi connectivity index (χ0) is 21.2. The van der Waals surface area contributed by atoms with Crippen LogP contribution in [0.1, 0.15) is 0 Å². The lowest BCUT2D eigenvalue weighted by atomic mass is 10.2. The summed E-state index contributed by atoms with van der Waals surface area (Å²) in [6.45, 7) is 4.82. The van der Waals surface area contributed by atoms with Crippen LogP contribution in [-0.2, 0) is 13.6 Å². The van der Waals surface area contributed by atoms with E-state index in [9.17, 15) is 4.79 Å². The Hall–Kier alpha value is -3.66. The van der Waals surface area contributed by atoms with E-state index in [0.29, 0.717) is 12.2 Å². The molecule has 0 saturated carbocycles. The van der Waals surface area contributed by atoms with Gasteiger partial charge in [-0.1, -0.05) is 0 Å². The molecule has 4 aromatic heterocycles. The van der Waals surface area contributed by atoms with Gasteiger partial charge in [0.1, 0.15) is 12.1 Å². The van der Waals surface area contributed by atoms with Crippen molar-refractivity contribution in [2.75, 3.05) is 37.6 Å². The molecule has 1 aliphatic heterocycles. The molecule has 0 unspecified atom stereocenters. The van der Waals surface area contributed by atoms with Gasteiger partial charge in [-0.15, -0.1) is 0 Å². The Morgan fingerprint density at radius 2 is 1.87 bits per heavy atom. The lowest BCUT2D eigenvalue weighted by Crippen LogP contribution is -2.48. The van der Waals surface area contributed by atoms with Crippen molar-refractivity contribution in [2.24, 2.45) is 7.05 Å². The maximum Gasteiger partial charge on any atom is 0.266 e. The molecular formula is C21H23N9O. The van der Waals surface area contributed by atoms with Gasteiger partial charge in [-0.3, -0.25) is 19.4 Å². The number of fused-ring (bicyclic) bond motifs is 1. The highest BCUT2D eigenvalue weighted by Crippen LogP contribution is 2.22. The summed E-state index contributed by atoms with van der Waals surface area (Å²) in [7, 11) is 1.89. The summed E-state index contributed by atoms with van der Waals surface area (Å²) in [6.07, 6.45) is 7.01. The molecule has 1 saturated heterocycles. The van der Waals surface area contributed by atoms with Gasteiger partial charge in [0.15, 0.2) is 5.65 Å². The van der Waals surface area contributed by atoms with Crippen molar-refractivity contribution >= 4 is 16.9 Å². The third kappa shape index (κ3) is 4.02. The minimum absolute atomic E-state index is 0.0915. The standard InChI is InChI=1S/C21H23N9O/c1-27-14-17-20(26-27)23-15-24-21(17)29-10-7-28(8-11-29)9-12-30-19(31)5-4-18(25-30)16-3-2-6-22-13-16/h2-6,13-15H,7-12H2,1H3. The monoisotopic (exact) mass is 417 g/mol. The van der Waals surface area contributed by atoms with Crippen LogP contribution in [-0.4, -0.2) is 72.1 Å². The Balaban J connectivity index is 1.23. The minimum atomic E-state index is -0.0915. The van der Waals surface area contributed by atoms with Crippen LogP contribution in [0.2, 0.25) is 0 Å². The van der Waals surface area contributed by atoms with Crippen LogP contribution in [0.15, 0.2) is 54.0 Å². The van der Waals surface area contributed by atoms with Crippen LogP contribution in [0.25, 0.3) is 22.3 Å². The van der Waals surface area contributed by atoms with E-state index in [1.165, 1.54) is 4.68 Å². The zero-order valence-electron chi connectivity index (χ0n) is 17.3. The number of hydrogen-bond acceptors (Lipinski definition) is 8. The lowest BCUT2D eigenvalue weighted by Gasteiger charge is -2.35. The van der Waals surface area contributed by atoms with Gasteiger partial charge in [0.2, 0.25) is 0 Å². The number of pyridine rings is 1. The van der Waals surface area contributed by atoms with Gasteiger partial charge in [0, 0.05) is 70.0 Å². The third-order valence-electron chi connectivity index (χ3n) is 5.53. The van der Waals surface area contributed by atoms with Gasteiger partial charge < -0.3 is 4.90 Å². The van der Waals surface area contributed by atoms with Crippen molar-refractivity contribution in [3.05, 3.63) is 59.5 Å². The second-order valence-corrected chi connectivity index (χ2v) is 7.59. The molecule has 0 spiro atoms. The normalized spacial score (nSPS) is 14.9. The van der Waals surface area contributed by atoms with Gasteiger partial charge in [-0.25, -0.2) is 14.6 Å². The van der Waals surface area contributed by atoms with Gasteiger partial charge in [-0.05, 0) is 18.2 Å². The summed E-state index contributed by atoms with van der Waals surface area (Å²) < 4.78 is 3.31. The first kappa shape index (κ1) is 19.3. The van der Waals surface area contributed by atoms with Crippen LogP contribution in [0.4, 0.5) is 5.82 Å². The van der Waals surface area contributed by atoms with Gasteiger partial charge >= 0.3 is 0 Å². The number of aromatic nitrogens is 7. The number of aryl methyl sites for hydroxylation is 1. The van der Waals surface area contributed by atoms with Crippen LogP contribution in [0.5, 0.6) is 0 Å². The summed E-state index contributed by atoms with van der Waals surface area (Å²) in [5.41, 5.74) is 2.28. The molecule has 1 fully saturated rings. The molecule has 1 aliphatic rings. The van der Waals surface area contributed by atoms with Crippen LogP contribution in [0.3, 0.4) is 0 Å². The lowest BCUT2D eigenvalue weighted by molar-refractivity contribution is 0.242. The first-order valence-corrected chi connectivity index (χ1v) is 10.3. The molecule has 31 heavy (non-hydrogen) atoms. The summed E-state index contributed by atoms with van der Waals surface area (Å²) in [5.74, 6) is 0.930. The summed E-state index contributed by atoms with van der Waals surface area (Å²) in [6, 6.07) is 7.12. The zero-order valence-corrected chi connectivity index (χ0v) is 17.3. The topological polar surface area (TPSA) is 97.9 Å². The molecule has 0 amide bonds. The Morgan fingerprint density at radius 3 is 2.68 bits per heavy atom. The molecule has 0 radical (unpaired) electrons. The maximum atomic E-state index is 12.3. The summed E-state index contributed by atoms with van der Waals surface area (Å²) in [5, 5.41) is 9.87. The first-order valence-electron chi connectivity index (χ1n) is 10.3. The van der Waals surface area contributed by atoms with Gasteiger partial charge in [0.05, 0.1) is 17.6 Å². The molecule has 10 heteroatoms. The van der Waals surface area contributed by atoms with Crippen molar-refractivity contribution in [1.29, 1.82) is 0 Å². The molecule has 5 heterocycles.